The molecule has 5 heteroatoms. The summed E-state index contributed by atoms with van der Waals surface area (Å²) in [6, 6.07) is 9.69. The average Bonchev–Trinajstić information content (AvgIpc) is 2.39. The summed E-state index contributed by atoms with van der Waals surface area (Å²) in [5.41, 5.74) is 2.05. The van der Waals surface area contributed by atoms with E-state index in [0.29, 0.717) is 17.6 Å². The normalized spacial score (nSPS) is 10.5. The van der Waals surface area contributed by atoms with Gasteiger partial charge in [0.15, 0.2) is 0 Å². The first kappa shape index (κ1) is 13.8. The van der Waals surface area contributed by atoms with Crippen molar-refractivity contribution in [2.75, 3.05) is 12.4 Å². The van der Waals surface area contributed by atoms with Crippen molar-refractivity contribution in [1.82, 2.24) is 9.97 Å². The Morgan fingerprint density at radius 3 is 2.84 bits per heavy atom. The summed E-state index contributed by atoms with van der Waals surface area (Å²) < 4.78 is 5.11. The number of hydrogen-bond acceptors (Lipinski definition) is 4. The Hall–Kier alpha value is -1.65. The Bertz CT molecular complexity index is 560. The number of halogens is 1. The molecular weight excluding hydrogens is 262 g/mol. The molecule has 2 rings (SSSR count). The molecule has 2 aromatic rings. The number of aryl methyl sites for hydroxylation is 1. The monoisotopic (exact) mass is 277 g/mol. The van der Waals surface area contributed by atoms with Gasteiger partial charge in [-0.25, -0.2) is 9.97 Å². The van der Waals surface area contributed by atoms with Crippen LogP contribution in [0.4, 0.5) is 11.5 Å². The summed E-state index contributed by atoms with van der Waals surface area (Å²) >= 11 is 5.96. The zero-order valence-electron chi connectivity index (χ0n) is 11.0. The topological polar surface area (TPSA) is 47.0 Å². The Balaban J connectivity index is 2.20. The van der Waals surface area contributed by atoms with Crippen LogP contribution in [0.2, 0.25) is 5.15 Å². The van der Waals surface area contributed by atoms with Gasteiger partial charge in [-0.1, -0.05) is 30.7 Å². The Morgan fingerprint density at radius 1 is 1.26 bits per heavy atom. The molecule has 0 saturated heterocycles. The number of anilines is 2. The van der Waals surface area contributed by atoms with E-state index in [9.17, 15) is 0 Å². The van der Waals surface area contributed by atoms with E-state index in [4.69, 9.17) is 16.3 Å². The number of nitrogens with one attached hydrogen (secondary N) is 1. The van der Waals surface area contributed by atoms with Crippen LogP contribution in [-0.2, 0) is 17.8 Å². The molecule has 0 aliphatic heterocycles. The molecule has 100 valence electrons. The maximum atomic E-state index is 5.96. The second-order valence-corrected chi connectivity index (χ2v) is 4.49. The van der Waals surface area contributed by atoms with Gasteiger partial charge in [-0.3, -0.25) is 0 Å². The summed E-state index contributed by atoms with van der Waals surface area (Å²) in [6.07, 6.45) is 0.749. The molecule has 1 heterocycles. The van der Waals surface area contributed by atoms with Crippen LogP contribution in [0.5, 0.6) is 0 Å². The first-order valence-electron chi connectivity index (χ1n) is 6.09. The van der Waals surface area contributed by atoms with Crippen molar-refractivity contribution in [3.8, 4) is 0 Å². The highest BCUT2D eigenvalue weighted by atomic mass is 35.5. The SMILES string of the molecule is CCc1nc(Cl)cc(Nc2cccc(COC)c2)n1. The standard InChI is InChI=1S/C14H16ClN3O/c1-3-13-17-12(15)8-14(18-13)16-11-6-4-5-10(7-11)9-19-2/h4-8H,3,9H2,1-2H3,(H,16,17,18). The molecular formula is C14H16ClN3O. The predicted molar refractivity (Wildman–Crippen MR) is 76.9 cm³/mol. The summed E-state index contributed by atoms with van der Waals surface area (Å²) in [4.78, 5) is 8.52. The first-order chi connectivity index (χ1) is 9.21. The molecule has 0 radical (unpaired) electrons. The molecule has 1 N–H and O–H groups in total. The van der Waals surface area contributed by atoms with Crippen molar-refractivity contribution in [1.29, 1.82) is 0 Å². The first-order valence-corrected chi connectivity index (χ1v) is 6.47. The lowest BCUT2D eigenvalue weighted by atomic mass is 10.2. The van der Waals surface area contributed by atoms with Gasteiger partial charge in [0.05, 0.1) is 6.61 Å². The van der Waals surface area contributed by atoms with Gasteiger partial charge in [0.25, 0.3) is 0 Å². The van der Waals surface area contributed by atoms with Crippen molar-refractivity contribution in [2.45, 2.75) is 20.0 Å². The van der Waals surface area contributed by atoms with E-state index < -0.39 is 0 Å². The van der Waals surface area contributed by atoms with Crippen molar-refractivity contribution in [3.63, 3.8) is 0 Å². The van der Waals surface area contributed by atoms with Crippen molar-refractivity contribution >= 4 is 23.1 Å². The van der Waals surface area contributed by atoms with Crippen molar-refractivity contribution in [2.24, 2.45) is 0 Å². The highest BCUT2D eigenvalue weighted by molar-refractivity contribution is 6.29. The van der Waals surface area contributed by atoms with Gasteiger partial charge in [0, 0.05) is 25.3 Å². The summed E-state index contributed by atoms with van der Waals surface area (Å²) in [6.45, 7) is 2.58. The number of rotatable bonds is 5. The van der Waals surface area contributed by atoms with E-state index in [1.165, 1.54) is 0 Å². The van der Waals surface area contributed by atoms with Crippen LogP contribution in [0.15, 0.2) is 30.3 Å². The summed E-state index contributed by atoms with van der Waals surface area (Å²) in [5.74, 6) is 1.43. The van der Waals surface area contributed by atoms with Gasteiger partial charge in [-0.05, 0) is 17.7 Å². The number of benzene rings is 1. The van der Waals surface area contributed by atoms with E-state index in [1.54, 1.807) is 13.2 Å². The fraction of sp³-hybridized carbons (Fsp3) is 0.286. The molecule has 1 aromatic heterocycles. The number of hydrogen-bond donors (Lipinski definition) is 1. The third kappa shape index (κ3) is 3.91. The maximum absolute atomic E-state index is 5.96. The van der Waals surface area contributed by atoms with Crippen LogP contribution in [0, 0.1) is 0 Å². The van der Waals surface area contributed by atoms with Gasteiger partial charge in [0.2, 0.25) is 0 Å². The van der Waals surface area contributed by atoms with Crippen molar-refractivity contribution in [3.05, 3.63) is 46.9 Å². The number of nitrogens with zero attached hydrogens (tertiary/aromatic N) is 2. The van der Waals surface area contributed by atoms with Crippen LogP contribution >= 0.6 is 11.6 Å². The van der Waals surface area contributed by atoms with Gasteiger partial charge in [-0.2, -0.15) is 0 Å². The van der Waals surface area contributed by atoms with E-state index in [1.807, 2.05) is 31.2 Å². The fourth-order valence-electron chi connectivity index (χ4n) is 1.74. The lowest BCUT2D eigenvalue weighted by Crippen LogP contribution is -2.00. The number of methoxy groups -OCH3 is 1. The van der Waals surface area contributed by atoms with Gasteiger partial charge >= 0.3 is 0 Å². The predicted octanol–water partition coefficient (Wildman–Crippen LogP) is 3.58. The molecule has 19 heavy (non-hydrogen) atoms. The van der Waals surface area contributed by atoms with Crippen LogP contribution in [0.25, 0.3) is 0 Å². The second kappa shape index (κ2) is 6.50. The Labute approximate surface area is 117 Å². The Kier molecular flexibility index (Phi) is 4.71. The Morgan fingerprint density at radius 2 is 2.11 bits per heavy atom. The molecule has 1 aromatic carbocycles. The molecule has 0 aliphatic rings. The highest BCUT2D eigenvalue weighted by Gasteiger charge is 2.03. The van der Waals surface area contributed by atoms with Gasteiger partial charge < -0.3 is 10.1 Å². The molecule has 0 aliphatic carbocycles. The highest BCUT2D eigenvalue weighted by Crippen LogP contribution is 2.19. The average molecular weight is 278 g/mol. The van der Waals surface area contributed by atoms with Gasteiger partial charge in [0.1, 0.15) is 16.8 Å². The van der Waals surface area contributed by atoms with E-state index in [2.05, 4.69) is 15.3 Å². The molecule has 0 bridgehead atoms. The third-order valence-corrected chi connectivity index (χ3v) is 2.76. The molecule has 0 saturated carbocycles. The minimum atomic E-state index is 0.447. The zero-order chi connectivity index (χ0) is 13.7. The maximum Gasteiger partial charge on any atom is 0.135 e. The minimum Gasteiger partial charge on any atom is -0.380 e. The lowest BCUT2D eigenvalue weighted by molar-refractivity contribution is 0.185. The van der Waals surface area contributed by atoms with Crippen LogP contribution in [0.1, 0.15) is 18.3 Å². The molecule has 0 atom stereocenters. The lowest BCUT2D eigenvalue weighted by Gasteiger charge is -2.08. The third-order valence-electron chi connectivity index (χ3n) is 2.57. The van der Waals surface area contributed by atoms with Crippen LogP contribution in [-0.4, -0.2) is 17.1 Å². The van der Waals surface area contributed by atoms with Crippen LogP contribution in [0.3, 0.4) is 0 Å². The number of ether oxygens (including phenoxy) is 1. The molecule has 4 nitrogen and oxygen atoms in total. The smallest absolute Gasteiger partial charge is 0.135 e. The zero-order valence-corrected chi connectivity index (χ0v) is 11.7. The molecule has 0 unspecified atom stereocenters. The second-order valence-electron chi connectivity index (χ2n) is 4.10. The summed E-state index contributed by atoms with van der Waals surface area (Å²) in [5, 5.41) is 3.67. The summed E-state index contributed by atoms with van der Waals surface area (Å²) in [7, 11) is 1.68. The minimum absolute atomic E-state index is 0.447. The van der Waals surface area contributed by atoms with E-state index in [0.717, 1.165) is 23.5 Å². The number of aromatic nitrogens is 2. The van der Waals surface area contributed by atoms with Crippen molar-refractivity contribution < 1.29 is 4.74 Å². The molecule has 0 spiro atoms. The van der Waals surface area contributed by atoms with Gasteiger partial charge in [-0.15, -0.1) is 0 Å². The molecule has 0 amide bonds. The van der Waals surface area contributed by atoms with Crippen LogP contribution < -0.4 is 5.32 Å². The molecule has 0 fully saturated rings. The van der Waals surface area contributed by atoms with E-state index >= 15 is 0 Å². The van der Waals surface area contributed by atoms with E-state index in [-0.39, 0.29) is 0 Å². The fourth-order valence-corrected chi connectivity index (χ4v) is 1.94. The largest absolute Gasteiger partial charge is 0.380 e. The quantitative estimate of drug-likeness (QED) is 0.849.